The van der Waals surface area contributed by atoms with E-state index in [9.17, 15) is 0 Å². The summed E-state index contributed by atoms with van der Waals surface area (Å²) in [6.07, 6.45) is 0. The van der Waals surface area contributed by atoms with E-state index in [1.165, 1.54) is 0 Å². The van der Waals surface area contributed by atoms with Crippen molar-refractivity contribution in [1.29, 1.82) is 0 Å². The maximum absolute atomic E-state index is 4.95. The molecular formula is C5H11NOS. The second-order valence-electron chi connectivity index (χ2n) is 1.44. The summed E-state index contributed by atoms with van der Waals surface area (Å²) in [6.45, 7) is 3.30. The lowest BCUT2D eigenvalue weighted by molar-refractivity contribution is 0.312. The van der Waals surface area contributed by atoms with Gasteiger partial charge in [-0.05, 0) is 19.3 Å². The molecule has 0 saturated heterocycles. The summed E-state index contributed by atoms with van der Waals surface area (Å²) in [4.78, 5) is 0. The summed E-state index contributed by atoms with van der Waals surface area (Å²) in [5.41, 5.74) is 0. The molecule has 0 aliphatic carbocycles. The topological polar surface area (TPSA) is 21.3 Å². The van der Waals surface area contributed by atoms with Crippen molar-refractivity contribution in [3.05, 3.63) is 0 Å². The van der Waals surface area contributed by atoms with Crippen molar-refractivity contribution in [2.75, 3.05) is 20.2 Å². The second-order valence-corrected chi connectivity index (χ2v) is 2.02. The van der Waals surface area contributed by atoms with Gasteiger partial charge in [-0.2, -0.15) is 0 Å². The zero-order chi connectivity index (χ0) is 6.41. The predicted octanol–water partition coefficient (Wildman–Crippen LogP) is 0.570. The van der Waals surface area contributed by atoms with Crippen molar-refractivity contribution in [1.82, 2.24) is 5.32 Å². The average molecular weight is 133 g/mol. The van der Waals surface area contributed by atoms with Crippen LogP contribution in [0.3, 0.4) is 0 Å². The summed E-state index contributed by atoms with van der Waals surface area (Å²) in [5, 5.41) is 3.55. The van der Waals surface area contributed by atoms with Crippen molar-refractivity contribution < 1.29 is 4.74 Å². The van der Waals surface area contributed by atoms with Crippen LogP contribution in [0.2, 0.25) is 0 Å². The Morgan fingerprint density at radius 1 is 1.75 bits per heavy atom. The largest absolute Gasteiger partial charge is 0.486 e. The first-order valence-corrected chi connectivity index (χ1v) is 2.96. The minimum atomic E-state index is 0.611. The Bertz CT molecular complexity index is 74.8. The third-order valence-corrected chi connectivity index (χ3v) is 0.775. The smallest absolute Gasteiger partial charge is 0.156 e. The van der Waals surface area contributed by atoms with Crippen LogP contribution in [-0.4, -0.2) is 25.2 Å². The number of likely N-dealkylation sites (N-methyl/N-ethyl adjacent to an activating group) is 1. The fraction of sp³-hybridized carbons (Fsp3) is 0.800. The number of rotatable bonds is 3. The lowest BCUT2D eigenvalue weighted by Gasteiger charge is -2.00. The van der Waals surface area contributed by atoms with Crippen LogP contribution in [0.15, 0.2) is 0 Å². The molecule has 0 aromatic heterocycles. The van der Waals surface area contributed by atoms with Gasteiger partial charge in [-0.15, -0.1) is 0 Å². The molecule has 0 spiro atoms. The molecule has 3 heteroatoms. The van der Waals surface area contributed by atoms with E-state index in [-0.39, 0.29) is 0 Å². The number of ether oxygens (including phenoxy) is 1. The molecule has 0 heterocycles. The van der Waals surface area contributed by atoms with Crippen LogP contribution in [0.1, 0.15) is 6.92 Å². The lowest BCUT2D eigenvalue weighted by Crippen LogP contribution is -2.15. The highest BCUT2D eigenvalue weighted by molar-refractivity contribution is 7.80. The fourth-order valence-electron chi connectivity index (χ4n) is 0.297. The zero-order valence-electron chi connectivity index (χ0n) is 5.23. The Morgan fingerprint density at radius 2 is 2.38 bits per heavy atom. The summed E-state index contributed by atoms with van der Waals surface area (Å²) < 4.78 is 4.95. The summed E-state index contributed by atoms with van der Waals surface area (Å²) in [6, 6.07) is 0. The summed E-state index contributed by atoms with van der Waals surface area (Å²) in [7, 11) is 1.88. The van der Waals surface area contributed by atoms with E-state index in [4.69, 9.17) is 4.74 Å². The Morgan fingerprint density at radius 3 is 2.75 bits per heavy atom. The van der Waals surface area contributed by atoms with E-state index in [1.54, 1.807) is 6.92 Å². The van der Waals surface area contributed by atoms with E-state index >= 15 is 0 Å². The first-order chi connectivity index (χ1) is 3.77. The van der Waals surface area contributed by atoms with E-state index in [2.05, 4.69) is 17.5 Å². The standard InChI is InChI=1S/C5H11NOS/c1-5(8)7-4-3-6-2/h6H,3-4H2,1-2H3. The summed E-state index contributed by atoms with van der Waals surface area (Å²) >= 11 is 4.66. The van der Waals surface area contributed by atoms with E-state index < -0.39 is 0 Å². The van der Waals surface area contributed by atoms with Crippen molar-refractivity contribution in [3.63, 3.8) is 0 Å². The van der Waals surface area contributed by atoms with Crippen LogP contribution in [0.4, 0.5) is 0 Å². The molecule has 2 nitrogen and oxygen atoms in total. The van der Waals surface area contributed by atoms with Crippen molar-refractivity contribution >= 4 is 17.3 Å². The molecule has 0 atom stereocenters. The van der Waals surface area contributed by atoms with Gasteiger partial charge in [-0.3, -0.25) is 0 Å². The molecule has 0 aliphatic heterocycles. The minimum absolute atomic E-state index is 0.611. The van der Waals surface area contributed by atoms with Crippen LogP contribution in [0.25, 0.3) is 0 Å². The van der Waals surface area contributed by atoms with Gasteiger partial charge >= 0.3 is 0 Å². The van der Waals surface area contributed by atoms with E-state index in [0.717, 1.165) is 6.54 Å². The Labute approximate surface area is 55.2 Å². The predicted molar refractivity (Wildman–Crippen MR) is 38.2 cm³/mol. The van der Waals surface area contributed by atoms with E-state index in [0.29, 0.717) is 11.7 Å². The van der Waals surface area contributed by atoms with Crippen molar-refractivity contribution in [2.24, 2.45) is 0 Å². The molecule has 0 aromatic carbocycles. The van der Waals surface area contributed by atoms with Crippen LogP contribution in [0, 0.1) is 0 Å². The number of hydrogen-bond acceptors (Lipinski definition) is 3. The Kier molecular flexibility index (Phi) is 4.90. The van der Waals surface area contributed by atoms with Gasteiger partial charge in [0.1, 0.15) is 6.61 Å². The first kappa shape index (κ1) is 7.85. The zero-order valence-corrected chi connectivity index (χ0v) is 6.05. The van der Waals surface area contributed by atoms with Crippen LogP contribution >= 0.6 is 12.2 Å². The Hall–Kier alpha value is -0.150. The number of thiocarbonyl (C=S) groups is 1. The van der Waals surface area contributed by atoms with Gasteiger partial charge in [0, 0.05) is 13.5 Å². The van der Waals surface area contributed by atoms with Gasteiger partial charge in [-0.1, -0.05) is 0 Å². The second kappa shape index (κ2) is 5.00. The van der Waals surface area contributed by atoms with Gasteiger partial charge in [0.25, 0.3) is 0 Å². The molecule has 0 fully saturated rings. The fourth-order valence-corrected chi connectivity index (χ4v) is 0.380. The van der Waals surface area contributed by atoms with Gasteiger partial charge in [0.05, 0.1) is 0 Å². The first-order valence-electron chi connectivity index (χ1n) is 2.55. The number of nitrogens with one attached hydrogen (secondary N) is 1. The normalized spacial score (nSPS) is 8.75. The maximum atomic E-state index is 4.95. The third-order valence-electron chi connectivity index (χ3n) is 0.657. The van der Waals surface area contributed by atoms with Gasteiger partial charge in [0.2, 0.25) is 0 Å². The van der Waals surface area contributed by atoms with Crippen LogP contribution < -0.4 is 5.32 Å². The lowest BCUT2D eigenvalue weighted by atomic mass is 10.7. The molecule has 0 saturated carbocycles. The van der Waals surface area contributed by atoms with E-state index in [1.807, 2.05) is 7.05 Å². The highest BCUT2D eigenvalue weighted by Gasteiger charge is 1.83. The monoisotopic (exact) mass is 133 g/mol. The van der Waals surface area contributed by atoms with Gasteiger partial charge in [-0.25, -0.2) is 0 Å². The SMILES string of the molecule is CNCCOC(C)=S. The van der Waals surface area contributed by atoms with Crippen molar-refractivity contribution in [2.45, 2.75) is 6.92 Å². The molecule has 8 heavy (non-hydrogen) atoms. The molecule has 0 aromatic rings. The quantitative estimate of drug-likeness (QED) is 0.449. The molecule has 0 unspecified atom stereocenters. The molecule has 0 aliphatic rings. The molecular weight excluding hydrogens is 122 g/mol. The van der Waals surface area contributed by atoms with Crippen LogP contribution in [0.5, 0.6) is 0 Å². The minimum Gasteiger partial charge on any atom is -0.486 e. The molecule has 0 amide bonds. The summed E-state index contributed by atoms with van der Waals surface area (Å²) in [5.74, 6) is 0. The Balaban J connectivity index is 2.82. The highest BCUT2D eigenvalue weighted by atomic mass is 32.1. The van der Waals surface area contributed by atoms with Gasteiger partial charge < -0.3 is 10.1 Å². The van der Waals surface area contributed by atoms with Gasteiger partial charge in [0.15, 0.2) is 5.05 Å². The molecule has 0 bridgehead atoms. The molecule has 0 rings (SSSR count). The number of hydrogen-bond donors (Lipinski definition) is 1. The third kappa shape index (κ3) is 5.85. The molecule has 48 valence electrons. The highest BCUT2D eigenvalue weighted by Crippen LogP contribution is 1.76. The molecule has 1 N–H and O–H groups in total. The van der Waals surface area contributed by atoms with Crippen molar-refractivity contribution in [3.8, 4) is 0 Å². The van der Waals surface area contributed by atoms with Crippen LogP contribution in [-0.2, 0) is 4.74 Å². The average Bonchev–Trinajstić information content (AvgIpc) is 1.66. The molecule has 0 radical (unpaired) electrons. The maximum Gasteiger partial charge on any atom is 0.156 e.